The maximum atomic E-state index is 9.00. The molecule has 0 bridgehead atoms. The second-order valence-electron chi connectivity index (χ2n) is 0.595. The zero-order chi connectivity index (χ0) is 8.99. The third-order valence-corrected chi connectivity index (χ3v) is 0. The van der Waals surface area contributed by atoms with Gasteiger partial charge in [-0.1, -0.05) is 0 Å². The molecule has 1 radical (unpaired) electrons. The van der Waals surface area contributed by atoms with Gasteiger partial charge >= 0.3 is 23.1 Å². The van der Waals surface area contributed by atoms with Crippen LogP contribution in [-0.4, -0.2) is 19.0 Å². The van der Waals surface area contributed by atoms with Crippen LogP contribution < -0.4 is 21.7 Å². The normalized spacial score (nSPS) is 4.36. The van der Waals surface area contributed by atoms with Crippen LogP contribution in [0.2, 0.25) is 0 Å². The third kappa shape index (κ3) is 245. The predicted molar refractivity (Wildman–Crippen MR) is 25.9 cm³/mol. The van der Waals surface area contributed by atoms with Crippen LogP contribution in [0.3, 0.4) is 0 Å². The molecule has 0 aromatic carbocycles. The predicted octanol–water partition coefficient (Wildman–Crippen LogP) is -4.25. The molecule has 0 atom stereocenters. The molecule has 2 amide bonds. The Bertz CT molecular complexity index is 87.7. The molecule has 11 heavy (non-hydrogen) atoms. The van der Waals surface area contributed by atoms with E-state index in [-0.39, 0.29) is 17.1 Å². The maximum Gasteiger partial charge on any atom is 2.00 e. The zero-order valence-electron chi connectivity index (χ0n) is 5.15. The minimum Gasteiger partial charge on any atom is -0.554 e. The number of hydrogen-bond acceptors (Lipinski definition) is 5. The Balaban J connectivity index is -0.0000000325. The van der Waals surface area contributed by atoms with E-state index in [0.717, 1.165) is 0 Å². The van der Waals surface area contributed by atoms with Crippen molar-refractivity contribution in [1.29, 1.82) is 0 Å². The van der Waals surface area contributed by atoms with Crippen molar-refractivity contribution < 1.29 is 41.7 Å². The number of rotatable bonds is 0. The van der Waals surface area contributed by atoms with Crippen molar-refractivity contribution in [3.63, 3.8) is 0 Å². The van der Waals surface area contributed by atoms with Gasteiger partial charge in [0.1, 0.15) is 0 Å². The van der Waals surface area contributed by atoms with Crippen molar-refractivity contribution in [2.24, 2.45) is 11.5 Å². The molecule has 4 N–H and O–H groups in total. The summed E-state index contributed by atoms with van der Waals surface area (Å²) >= 11 is 0. The average Bonchev–Trinajstić information content (AvgIpc) is 1.65. The number of carbonyl (C=O) groups is 3. The van der Waals surface area contributed by atoms with Crippen LogP contribution in [-0.2, 0) is 26.7 Å². The molecule has 0 aliphatic carbocycles. The number of nitrogens with two attached hydrogens (primary N) is 2. The third-order valence-electron chi connectivity index (χ3n) is 0. The monoisotopic (exact) mass is 213 g/mol. The standard InChI is InChI=1S/CH4N2O.2CH2O2.Cu/c2-1(3)4;2*2-1-3;/h(H4,2,3,4);2*1H,(H,2,3);/q;;;+2/p-2. The number of urea groups is 1. The first-order valence-corrected chi connectivity index (χ1v) is 1.72. The van der Waals surface area contributed by atoms with Crippen molar-refractivity contribution in [3.05, 3.63) is 0 Å². The minimum atomic E-state index is -0.833. The molecule has 0 aromatic rings. The van der Waals surface area contributed by atoms with E-state index in [9.17, 15) is 0 Å². The Hall–Kier alpha value is -1.27. The van der Waals surface area contributed by atoms with E-state index < -0.39 is 19.0 Å². The van der Waals surface area contributed by atoms with Crippen LogP contribution >= 0.6 is 0 Å². The molecule has 0 heterocycles. The van der Waals surface area contributed by atoms with E-state index in [1.165, 1.54) is 0 Å². The molecule has 0 aromatic heterocycles. The van der Waals surface area contributed by atoms with E-state index in [2.05, 4.69) is 11.5 Å². The summed E-state index contributed by atoms with van der Waals surface area (Å²) in [7, 11) is 0. The number of amides is 2. The largest absolute Gasteiger partial charge is 2.00 e. The van der Waals surface area contributed by atoms with E-state index >= 15 is 0 Å². The van der Waals surface area contributed by atoms with E-state index in [1.807, 2.05) is 0 Å². The van der Waals surface area contributed by atoms with Gasteiger partial charge in [0.05, 0.1) is 0 Å². The SMILES string of the molecule is NC(N)=O.O=C[O-].O=C[O-].[Cu+2]. The fourth-order valence-corrected chi connectivity index (χ4v) is 0. The second kappa shape index (κ2) is 37.5. The average molecular weight is 214 g/mol. The molecule has 0 aliphatic rings. The molecule has 0 aliphatic heterocycles. The summed E-state index contributed by atoms with van der Waals surface area (Å²) in [5, 5.41) is 16.5. The Morgan fingerprint density at radius 2 is 1.09 bits per heavy atom. The second-order valence-corrected chi connectivity index (χ2v) is 0.595. The van der Waals surface area contributed by atoms with Gasteiger partial charge in [-0.05, 0) is 0 Å². The molecule has 7 nitrogen and oxygen atoms in total. The Morgan fingerprint density at radius 3 is 1.09 bits per heavy atom. The summed E-state index contributed by atoms with van der Waals surface area (Å²) in [5.74, 6) is 0. The first-order valence-electron chi connectivity index (χ1n) is 1.72. The fraction of sp³-hybridized carbons (Fsp3) is 0. The first-order chi connectivity index (χ1) is 4.56. The number of primary amides is 2. The van der Waals surface area contributed by atoms with Crippen LogP contribution in [0.4, 0.5) is 4.79 Å². The van der Waals surface area contributed by atoms with Gasteiger partial charge in [0, 0.05) is 12.9 Å². The van der Waals surface area contributed by atoms with Gasteiger partial charge in [-0.3, -0.25) is 0 Å². The summed E-state index contributed by atoms with van der Waals surface area (Å²) in [4.78, 5) is 25.5. The molecule has 0 saturated carbocycles. The molecule has 8 heteroatoms. The van der Waals surface area contributed by atoms with Gasteiger partial charge in [0.25, 0.3) is 0 Å². The van der Waals surface area contributed by atoms with Crippen molar-refractivity contribution >= 4 is 19.0 Å². The molecule has 69 valence electrons. The minimum absolute atomic E-state index is 0. The van der Waals surface area contributed by atoms with Gasteiger partial charge in [0.15, 0.2) is 0 Å². The van der Waals surface area contributed by atoms with E-state index in [4.69, 9.17) is 24.6 Å². The molecule has 0 fully saturated rings. The van der Waals surface area contributed by atoms with E-state index in [1.54, 1.807) is 0 Å². The topological polar surface area (TPSA) is 149 Å². The Morgan fingerprint density at radius 1 is 1.09 bits per heavy atom. The van der Waals surface area contributed by atoms with Gasteiger partial charge < -0.3 is 31.3 Å². The van der Waals surface area contributed by atoms with Gasteiger partial charge in [-0.15, -0.1) is 0 Å². The molecular formula is C3H6CuN2O5. The molecule has 0 saturated heterocycles. The van der Waals surface area contributed by atoms with E-state index in [0.29, 0.717) is 0 Å². The smallest absolute Gasteiger partial charge is 0.554 e. The van der Waals surface area contributed by atoms with Crippen LogP contribution in [0.5, 0.6) is 0 Å². The van der Waals surface area contributed by atoms with Crippen LogP contribution in [0, 0.1) is 0 Å². The summed E-state index contributed by atoms with van der Waals surface area (Å²) in [6, 6.07) is -0.833. The summed E-state index contributed by atoms with van der Waals surface area (Å²) in [6.45, 7) is -1.00. The summed E-state index contributed by atoms with van der Waals surface area (Å²) in [6.07, 6.45) is 0. The van der Waals surface area contributed by atoms with Gasteiger partial charge in [-0.25, -0.2) is 4.79 Å². The van der Waals surface area contributed by atoms with Gasteiger partial charge in [0.2, 0.25) is 0 Å². The number of carbonyl (C=O) groups excluding carboxylic acids is 3. The summed E-state index contributed by atoms with van der Waals surface area (Å²) in [5.41, 5.74) is 8.50. The Kier molecular flexibility index (Phi) is 77.0. The fourth-order valence-electron chi connectivity index (χ4n) is 0. The van der Waals surface area contributed by atoms with Crippen LogP contribution in [0.15, 0.2) is 0 Å². The van der Waals surface area contributed by atoms with Crippen LogP contribution in [0.25, 0.3) is 0 Å². The molecule has 0 unspecified atom stereocenters. The molecule has 0 rings (SSSR count). The Labute approximate surface area is 72.8 Å². The van der Waals surface area contributed by atoms with Crippen molar-refractivity contribution in [1.82, 2.24) is 0 Å². The molecule has 0 spiro atoms. The summed E-state index contributed by atoms with van der Waals surface area (Å²) < 4.78 is 0. The maximum absolute atomic E-state index is 9.00. The first kappa shape index (κ1) is 22.6. The van der Waals surface area contributed by atoms with Crippen LogP contribution in [0.1, 0.15) is 0 Å². The number of hydrogen-bond donors (Lipinski definition) is 2. The van der Waals surface area contributed by atoms with Crippen molar-refractivity contribution in [2.75, 3.05) is 0 Å². The van der Waals surface area contributed by atoms with Crippen molar-refractivity contribution in [2.45, 2.75) is 0 Å². The number of carboxylic acid groups (broad SMARTS) is 2. The molecular weight excluding hydrogens is 208 g/mol. The van der Waals surface area contributed by atoms with Crippen molar-refractivity contribution in [3.8, 4) is 0 Å². The zero-order valence-corrected chi connectivity index (χ0v) is 6.09. The van der Waals surface area contributed by atoms with Gasteiger partial charge in [-0.2, -0.15) is 0 Å². The quantitative estimate of drug-likeness (QED) is 0.309.